The summed E-state index contributed by atoms with van der Waals surface area (Å²) in [5, 5.41) is 8.46. The molecular formula is C23H19Cl4N3O2S. The van der Waals surface area contributed by atoms with E-state index in [2.05, 4.69) is 4.72 Å². The third-order valence-corrected chi connectivity index (χ3v) is 8.10. The number of anilines is 1. The van der Waals surface area contributed by atoms with E-state index in [0.29, 0.717) is 43.5 Å². The van der Waals surface area contributed by atoms with E-state index in [1.54, 1.807) is 54.4 Å². The molecule has 1 aliphatic heterocycles. The number of sulfonamides is 1. The topological polar surface area (TPSA) is 61.8 Å². The van der Waals surface area contributed by atoms with Gasteiger partial charge in [0, 0.05) is 21.5 Å². The summed E-state index contributed by atoms with van der Waals surface area (Å²) in [6, 6.07) is 17.2. The fraction of sp³-hybridized carbons (Fsp3) is 0.174. The summed E-state index contributed by atoms with van der Waals surface area (Å²) >= 11 is 24.7. The van der Waals surface area contributed by atoms with E-state index in [-0.39, 0.29) is 17.5 Å². The van der Waals surface area contributed by atoms with Crippen molar-refractivity contribution in [3.8, 4) is 0 Å². The average Bonchev–Trinajstić information content (AvgIpc) is 3.19. The zero-order valence-electron chi connectivity index (χ0n) is 17.4. The first kappa shape index (κ1) is 24.3. The number of halogens is 4. The highest BCUT2D eigenvalue weighted by molar-refractivity contribution is 7.89. The fourth-order valence-electron chi connectivity index (χ4n) is 3.65. The van der Waals surface area contributed by atoms with Crippen LogP contribution in [0, 0.1) is 6.92 Å². The predicted molar refractivity (Wildman–Crippen MR) is 137 cm³/mol. The molecule has 0 aromatic heterocycles. The Labute approximate surface area is 213 Å². The van der Waals surface area contributed by atoms with E-state index in [9.17, 15) is 8.42 Å². The molecule has 1 aliphatic rings. The molecule has 172 valence electrons. The summed E-state index contributed by atoms with van der Waals surface area (Å²) in [4.78, 5) is 0.139. The van der Waals surface area contributed by atoms with Gasteiger partial charge in [0.25, 0.3) is 0 Å². The molecule has 5 nitrogen and oxygen atoms in total. The van der Waals surface area contributed by atoms with Crippen LogP contribution in [0.4, 0.5) is 5.69 Å². The van der Waals surface area contributed by atoms with Gasteiger partial charge in [-0.3, -0.25) is 5.01 Å². The lowest BCUT2D eigenvalue weighted by molar-refractivity contribution is 0.585. The molecule has 1 heterocycles. The zero-order valence-corrected chi connectivity index (χ0v) is 21.2. The Bertz CT molecular complexity index is 1330. The van der Waals surface area contributed by atoms with Gasteiger partial charge < -0.3 is 0 Å². The van der Waals surface area contributed by atoms with E-state index in [1.165, 1.54) is 6.07 Å². The first-order chi connectivity index (χ1) is 15.7. The molecule has 0 spiro atoms. The molecule has 33 heavy (non-hydrogen) atoms. The first-order valence-electron chi connectivity index (χ1n) is 9.96. The third-order valence-electron chi connectivity index (χ3n) is 5.36. The average molecular weight is 543 g/mol. The van der Waals surface area contributed by atoms with Crippen molar-refractivity contribution < 1.29 is 8.42 Å². The normalized spacial score (nSPS) is 16.2. The molecule has 0 saturated heterocycles. The van der Waals surface area contributed by atoms with Crippen molar-refractivity contribution in [1.29, 1.82) is 0 Å². The summed E-state index contributed by atoms with van der Waals surface area (Å²) < 4.78 is 28.5. The molecule has 0 unspecified atom stereocenters. The van der Waals surface area contributed by atoms with Crippen molar-refractivity contribution in [2.24, 2.45) is 5.10 Å². The highest BCUT2D eigenvalue weighted by Gasteiger charge is 2.31. The SMILES string of the molecule is Cc1c(Cl)cccc1S(=O)(=O)NCC1=NN(c2ccc(Cl)cc2Cl)[C@@H](c2ccc(Cl)cc2)C1. The summed E-state index contributed by atoms with van der Waals surface area (Å²) in [6.07, 6.45) is 0.498. The maximum absolute atomic E-state index is 12.9. The van der Waals surface area contributed by atoms with Gasteiger partial charge in [0.2, 0.25) is 10.0 Å². The van der Waals surface area contributed by atoms with Crippen LogP contribution in [-0.2, 0) is 10.0 Å². The van der Waals surface area contributed by atoms with Crippen molar-refractivity contribution in [3.63, 3.8) is 0 Å². The highest BCUT2D eigenvalue weighted by atomic mass is 35.5. The van der Waals surface area contributed by atoms with Gasteiger partial charge in [-0.25, -0.2) is 13.1 Å². The molecule has 4 rings (SSSR count). The van der Waals surface area contributed by atoms with Crippen molar-refractivity contribution in [3.05, 3.63) is 91.9 Å². The molecule has 0 amide bonds. The third kappa shape index (κ3) is 5.32. The zero-order chi connectivity index (χ0) is 23.8. The maximum Gasteiger partial charge on any atom is 0.241 e. The van der Waals surface area contributed by atoms with E-state index in [1.807, 2.05) is 12.1 Å². The van der Waals surface area contributed by atoms with Crippen molar-refractivity contribution in [2.45, 2.75) is 24.3 Å². The molecule has 10 heteroatoms. The minimum Gasteiger partial charge on any atom is -0.256 e. The van der Waals surface area contributed by atoms with Gasteiger partial charge in [-0.1, -0.05) is 64.6 Å². The second-order valence-electron chi connectivity index (χ2n) is 7.57. The number of hydrogen-bond donors (Lipinski definition) is 1. The second kappa shape index (κ2) is 9.82. The van der Waals surface area contributed by atoms with Crippen molar-refractivity contribution in [1.82, 2.24) is 4.72 Å². The molecule has 0 aliphatic carbocycles. The Morgan fingerprint density at radius 3 is 2.36 bits per heavy atom. The van der Waals surface area contributed by atoms with Crippen LogP contribution in [0.5, 0.6) is 0 Å². The van der Waals surface area contributed by atoms with E-state index < -0.39 is 10.0 Å². The van der Waals surface area contributed by atoms with Gasteiger partial charge >= 0.3 is 0 Å². The van der Waals surface area contributed by atoms with Gasteiger partial charge in [-0.15, -0.1) is 0 Å². The van der Waals surface area contributed by atoms with Gasteiger partial charge in [0.15, 0.2) is 0 Å². The minimum absolute atomic E-state index is 0.0418. The maximum atomic E-state index is 12.9. The van der Waals surface area contributed by atoms with Crippen LogP contribution in [0.15, 0.2) is 70.7 Å². The Hall–Kier alpha value is -1.80. The Morgan fingerprint density at radius 1 is 0.970 bits per heavy atom. The van der Waals surface area contributed by atoms with Crippen LogP contribution in [-0.4, -0.2) is 20.7 Å². The predicted octanol–water partition coefficient (Wildman–Crippen LogP) is 6.89. The molecule has 0 fully saturated rings. The standard InChI is InChI=1S/C23H19Cl4N3O2S/c1-14-19(26)3-2-4-23(14)33(31,32)28-13-18-12-22(15-5-7-16(24)8-6-15)30(29-18)21-10-9-17(25)11-20(21)27/h2-11,22,28H,12-13H2,1H3/t22-/m1/s1. The summed E-state index contributed by atoms with van der Waals surface area (Å²) in [6.45, 7) is 1.71. The summed E-state index contributed by atoms with van der Waals surface area (Å²) in [5.41, 5.74) is 2.79. The Balaban J connectivity index is 1.63. The molecule has 0 bridgehead atoms. The van der Waals surface area contributed by atoms with Crippen molar-refractivity contribution >= 4 is 67.8 Å². The largest absolute Gasteiger partial charge is 0.256 e. The lowest BCUT2D eigenvalue weighted by Crippen LogP contribution is -2.29. The molecule has 3 aromatic carbocycles. The van der Waals surface area contributed by atoms with E-state index >= 15 is 0 Å². The van der Waals surface area contributed by atoms with E-state index in [4.69, 9.17) is 51.5 Å². The van der Waals surface area contributed by atoms with Crippen LogP contribution in [0.25, 0.3) is 0 Å². The molecular weight excluding hydrogens is 524 g/mol. The number of nitrogens with one attached hydrogen (secondary N) is 1. The van der Waals surface area contributed by atoms with Crippen LogP contribution >= 0.6 is 46.4 Å². The quantitative estimate of drug-likeness (QED) is 0.368. The number of benzene rings is 3. The number of rotatable bonds is 6. The van der Waals surface area contributed by atoms with Crippen LogP contribution < -0.4 is 9.73 Å². The summed E-state index contributed by atoms with van der Waals surface area (Å²) in [5.74, 6) is 0. The Kier molecular flexibility index (Phi) is 7.24. The molecule has 0 radical (unpaired) electrons. The number of hydrazone groups is 1. The second-order valence-corrected chi connectivity index (χ2v) is 11.0. The lowest BCUT2D eigenvalue weighted by atomic mass is 10.0. The Morgan fingerprint density at radius 2 is 1.67 bits per heavy atom. The summed E-state index contributed by atoms with van der Waals surface area (Å²) in [7, 11) is -3.78. The highest BCUT2D eigenvalue weighted by Crippen LogP contribution is 2.39. The van der Waals surface area contributed by atoms with Crippen LogP contribution in [0.3, 0.4) is 0 Å². The number of hydrogen-bond acceptors (Lipinski definition) is 4. The molecule has 1 atom stereocenters. The fourth-order valence-corrected chi connectivity index (χ4v) is 5.78. The van der Waals surface area contributed by atoms with Crippen molar-refractivity contribution in [2.75, 3.05) is 11.6 Å². The van der Waals surface area contributed by atoms with Gasteiger partial charge in [-0.05, 0) is 60.5 Å². The van der Waals surface area contributed by atoms with Crippen LogP contribution in [0.1, 0.15) is 23.6 Å². The monoisotopic (exact) mass is 541 g/mol. The lowest BCUT2D eigenvalue weighted by Gasteiger charge is -2.25. The minimum atomic E-state index is -3.78. The van der Waals surface area contributed by atoms with Gasteiger partial charge in [0.05, 0.1) is 33.9 Å². The van der Waals surface area contributed by atoms with E-state index in [0.717, 1.165) is 5.56 Å². The first-order valence-corrected chi connectivity index (χ1v) is 13.0. The molecule has 1 N–H and O–H groups in total. The molecule has 0 saturated carbocycles. The smallest absolute Gasteiger partial charge is 0.241 e. The number of nitrogens with zero attached hydrogens (tertiary/aromatic N) is 2. The van der Waals surface area contributed by atoms with Gasteiger partial charge in [0.1, 0.15) is 0 Å². The van der Waals surface area contributed by atoms with Gasteiger partial charge in [-0.2, -0.15) is 5.10 Å². The molecule has 3 aromatic rings. The van der Waals surface area contributed by atoms with Crippen LogP contribution in [0.2, 0.25) is 20.1 Å².